The van der Waals surface area contributed by atoms with E-state index in [0.29, 0.717) is 0 Å². The molecule has 0 aliphatic heterocycles. The van der Waals surface area contributed by atoms with Crippen molar-refractivity contribution in [3.63, 3.8) is 0 Å². The van der Waals surface area contributed by atoms with Crippen molar-refractivity contribution in [2.45, 2.75) is 20.8 Å². The van der Waals surface area contributed by atoms with Gasteiger partial charge in [-0.25, -0.2) is 9.13 Å². The van der Waals surface area contributed by atoms with Gasteiger partial charge in [-0.2, -0.15) is 0 Å². The van der Waals surface area contributed by atoms with Crippen LogP contribution in [0, 0.1) is 20.8 Å². The lowest BCUT2D eigenvalue weighted by Gasteiger charge is -2.10. The lowest BCUT2D eigenvalue weighted by atomic mass is 10.1. The van der Waals surface area contributed by atoms with Crippen LogP contribution in [0.15, 0.2) is 42.5 Å². The molecule has 0 amide bonds. The molecule has 2 aromatic heterocycles. The molecule has 0 unspecified atom stereocenters. The number of rotatable bonds is 1. The predicted octanol–water partition coefficient (Wildman–Crippen LogP) is 3.87. The minimum absolute atomic E-state index is 1.25. The first-order chi connectivity index (χ1) is 11.0. The van der Waals surface area contributed by atoms with Crippen LogP contribution >= 0.6 is 0 Å². The van der Waals surface area contributed by atoms with Gasteiger partial charge in [0.25, 0.3) is 5.65 Å². The third-order valence-electron chi connectivity index (χ3n) is 5.11. The molecule has 4 rings (SSSR count). The van der Waals surface area contributed by atoms with E-state index >= 15 is 0 Å². The smallest absolute Gasteiger partial charge is 0.260 e. The summed E-state index contributed by atoms with van der Waals surface area (Å²) in [6.45, 7) is 6.56. The van der Waals surface area contributed by atoms with E-state index in [2.05, 4.69) is 91.0 Å². The molecule has 0 aliphatic carbocycles. The van der Waals surface area contributed by atoms with Gasteiger partial charge < -0.3 is 0 Å². The van der Waals surface area contributed by atoms with Gasteiger partial charge in [-0.05, 0) is 37.1 Å². The van der Waals surface area contributed by atoms with Crippen molar-refractivity contribution in [2.24, 2.45) is 14.1 Å². The number of aryl methyl sites for hydroxylation is 4. The Morgan fingerprint density at radius 3 is 2.22 bits per heavy atom. The van der Waals surface area contributed by atoms with Crippen LogP contribution in [0.25, 0.3) is 27.8 Å². The van der Waals surface area contributed by atoms with Crippen LogP contribution in [0.4, 0.5) is 0 Å². The lowest BCUT2D eigenvalue weighted by Crippen LogP contribution is -2.32. The molecular formula is C20H22N3+. The van der Waals surface area contributed by atoms with E-state index in [-0.39, 0.29) is 0 Å². The van der Waals surface area contributed by atoms with E-state index in [1.54, 1.807) is 0 Å². The number of para-hydroxylation sites is 2. The second-order valence-corrected chi connectivity index (χ2v) is 6.43. The normalized spacial score (nSPS) is 11.7. The van der Waals surface area contributed by atoms with Crippen LogP contribution < -0.4 is 4.57 Å². The first kappa shape index (κ1) is 14.1. The molecule has 2 heterocycles. The molecule has 0 N–H and O–H groups in total. The first-order valence-electron chi connectivity index (χ1n) is 8.03. The van der Waals surface area contributed by atoms with Crippen LogP contribution in [-0.4, -0.2) is 9.13 Å². The highest BCUT2D eigenvalue weighted by molar-refractivity contribution is 6.05. The van der Waals surface area contributed by atoms with Crippen molar-refractivity contribution < 1.29 is 4.57 Å². The molecule has 3 heteroatoms. The standard InChI is InChI=1S/C20H22N3/c1-13-9-8-10-14(2)18(13)23-17-12-7-6-11-16(17)19-20(23)22(5)15(3)21(19)4/h6-12H,1-5H3/q+1. The number of nitrogens with zero attached hydrogens (tertiary/aromatic N) is 3. The van der Waals surface area contributed by atoms with E-state index in [0.717, 1.165) is 0 Å². The van der Waals surface area contributed by atoms with Gasteiger partial charge in [0.05, 0.1) is 19.5 Å². The summed E-state index contributed by atoms with van der Waals surface area (Å²) in [5.74, 6) is 1.25. The largest absolute Gasteiger partial charge is 0.274 e. The average molecular weight is 304 g/mol. The first-order valence-corrected chi connectivity index (χ1v) is 8.03. The van der Waals surface area contributed by atoms with Crippen LogP contribution in [0.1, 0.15) is 17.0 Å². The molecule has 0 aliphatic rings. The summed E-state index contributed by atoms with van der Waals surface area (Å²) >= 11 is 0. The number of hydrogen-bond donors (Lipinski definition) is 0. The van der Waals surface area contributed by atoms with Crippen molar-refractivity contribution in [3.8, 4) is 5.69 Å². The Labute approximate surface area is 136 Å². The van der Waals surface area contributed by atoms with Gasteiger partial charge >= 0.3 is 0 Å². The third kappa shape index (κ3) is 1.73. The Morgan fingerprint density at radius 2 is 1.52 bits per heavy atom. The van der Waals surface area contributed by atoms with Crippen molar-refractivity contribution in [1.29, 1.82) is 0 Å². The zero-order chi connectivity index (χ0) is 16.3. The van der Waals surface area contributed by atoms with Gasteiger partial charge in [-0.3, -0.25) is 4.57 Å². The van der Waals surface area contributed by atoms with Crippen molar-refractivity contribution >= 4 is 22.1 Å². The highest BCUT2D eigenvalue weighted by atomic mass is 15.2. The van der Waals surface area contributed by atoms with E-state index in [4.69, 9.17) is 0 Å². The fraction of sp³-hybridized carbons (Fsp3) is 0.250. The highest BCUT2D eigenvalue weighted by Gasteiger charge is 2.27. The molecule has 0 saturated heterocycles. The van der Waals surface area contributed by atoms with Gasteiger partial charge in [0, 0.05) is 6.92 Å². The van der Waals surface area contributed by atoms with Crippen LogP contribution in [0.3, 0.4) is 0 Å². The molecule has 0 bridgehead atoms. The number of fused-ring (bicyclic) bond motifs is 3. The SMILES string of the molecule is Cc1cccc(C)c1-n1c2ccccc2c2c1[n+](C)c(C)n2C. The maximum atomic E-state index is 2.42. The quantitative estimate of drug-likeness (QED) is 0.474. The minimum Gasteiger partial charge on any atom is -0.260 e. The van der Waals surface area contributed by atoms with E-state index in [1.807, 2.05) is 0 Å². The van der Waals surface area contributed by atoms with E-state index in [1.165, 1.54) is 44.7 Å². The average Bonchev–Trinajstić information content (AvgIpc) is 2.98. The summed E-state index contributed by atoms with van der Waals surface area (Å²) in [4.78, 5) is 0. The van der Waals surface area contributed by atoms with Crippen LogP contribution in [-0.2, 0) is 14.1 Å². The topological polar surface area (TPSA) is 13.7 Å². The number of imidazole rings is 1. The van der Waals surface area contributed by atoms with Gasteiger partial charge in [-0.15, -0.1) is 0 Å². The zero-order valence-corrected chi connectivity index (χ0v) is 14.4. The molecule has 2 aromatic carbocycles. The number of hydrogen-bond acceptors (Lipinski definition) is 0. The molecule has 0 radical (unpaired) electrons. The second-order valence-electron chi connectivity index (χ2n) is 6.43. The molecule has 23 heavy (non-hydrogen) atoms. The minimum atomic E-state index is 1.25. The van der Waals surface area contributed by atoms with Crippen LogP contribution in [0.2, 0.25) is 0 Å². The van der Waals surface area contributed by atoms with Crippen molar-refractivity contribution in [2.75, 3.05) is 0 Å². The summed E-state index contributed by atoms with van der Waals surface area (Å²) in [6.07, 6.45) is 0. The molecule has 3 nitrogen and oxygen atoms in total. The van der Waals surface area contributed by atoms with Gasteiger partial charge in [0.2, 0.25) is 5.82 Å². The summed E-state index contributed by atoms with van der Waals surface area (Å²) in [5, 5.41) is 1.30. The van der Waals surface area contributed by atoms with Gasteiger partial charge in [0.1, 0.15) is 11.2 Å². The lowest BCUT2D eigenvalue weighted by molar-refractivity contribution is -0.654. The number of aromatic nitrogens is 3. The monoisotopic (exact) mass is 304 g/mol. The molecule has 4 aromatic rings. The molecule has 0 saturated carbocycles. The molecule has 0 atom stereocenters. The van der Waals surface area contributed by atoms with Crippen molar-refractivity contribution in [1.82, 2.24) is 9.13 Å². The number of benzene rings is 2. The summed E-state index contributed by atoms with van der Waals surface area (Å²) in [5.41, 5.74) is 7.70. The predicted molar refractivity (Wildman–Crippen MR) is 95.1 cm³/mol. The maximum Gasteiger partial charge on any atom is 0.274 e. The third-order valence-corrected chi connectivity index (χ3v) is 5.11. The van der Waals surface area contributed by atoms with E-state index in [9.17, 15) is 0 Å². The highest BCUT2D eigenvalue weighted by Crippen LogP contribution is 2.33. The summed E-state index contributed by atoms with van der Waals surface area (Å²) in [6, 6.07) is 15.2. The second kappa shape index (κ2) is 4.72. The Bertz CT molecular complexity index is 1040. The Hall–Kier alpha value is -2.55. The molecule has 0 spiro atoms. The Morgan fingerprint density at radius 1 is 0.870 bits per heavy atom. The fourth-order valence-corrected chi connectivity index (χ4v) is 3.77. The van der Waals surface area contributed by atoms with Gasteiger partial charge in [0.15, 0.2) is 5.52 Å². The molecular weight excluding hydrogens is 282 g/mol. The van der Waals surface area contributed by atoms with Gasteiger partial charge in [-0.1, -0.05) is 30.3 Å². The Kier molecular flexibility index (Phi) is 2.89. The fourth-order valence-electron chi connectivity index (χ4n) is 3.77. The van der Waals surface area contributed by atoms with Crippen molar-refractivity contribution in [3.05, 3.63) is 59.4 Å². The molecule has 116 valence electrons. The zero-order valence-electron chi connectivity index (χ0n) is 14.4. The molecule has 0 fully saturated rings. The van der Waals surface area contributed by atoms with Crippen LogP contribution in [0.5, 0.6) is 0 Å². The Balaban J connectivity index is 2.32. The summed E-state index contributed by atoms with van der Waals surface area (Å²) in [7, 11) is 4.31. The maximum absolute atomic E-state index is 2.42. The van der Waals surface area contributed by atoms with E-state index < -0.39 is 0 Å². The summed E-state index contributed by atoms with van der Waals surface area (Å²) < 4.78 is 7.01.